The zero-order valence-electron chi connectivity index (χ0n) is 24.8. The van der Waals surface area contributed by atoms with Crippen molar-refractivity contribution in [2.24, 2.45) is 23.2 Å². The first-order valence-corrected chi connectivity index (χ1v) is 13.6. The third-order valence-corrected chi connectivity index (χ3v) is 5.20. The van der Waals surface area contributed by atoms with Crippen LogP contribution in [0, 0.1) is 68.5 Å². The molecule has 2 unspecified atom stereocenters. The van der Waals surface area contributed by atoms with Gasteiger partial charge in [0, 0.05) is 17.8 Å². The van der Waals surface area contributed by atoms with Crippen LogP contribution in [0.4, 0.5) is 0 Å². The lowest BCUT2D eigenvalue weighted by Gasteiger charge is -2.08. The molecule has 0 bridgehead atoms. The van der Waals surface area contributed by atoms with Gasteiger partial charge < -0.3 is 0 Å². The summed E-state index contributed by atoms with van der Waals surface area (Å²) in [5, 5.41) is 33.1. The molecule has 0 N–H and O–H groups in total. The van der Waals surface area contributed by atoms with Crippen molar-refractivity contribution in [2.45, 2.75) is 154 Å². The maximum atomic E-state index is 8.34. The molecule has 35 heavy (non-hydrogen) atoms. The summed E-state index contributed by atoms with van der Waals surface area (Å²) in [6.07, 6.45) is 12.8. The Kier molecular flexibility index (Phi) is 51.9. The maximum absolute atomic E-state index is 8.34. The second-order valence-electron chi connectivity index (χ2n) is 9.34. The largest absolute Gasteiger partial charge is 0.198 e. The zero-order chi connectivity index (χ0) is 27.8. The third-order valence-electron chi connectivity index (χ3n) is 5.20. The summed E-state index contributed by atoms with van der Waals surface area (Å²) in [5.41, 5.74) is -0.111. The Labute approximate surface area is 222 Å². The fourth-order valence-electron chi connectivity index (χ4n) is 2.05. The van der Waals surface area contributed by atoms with Crippen LogP contribution in [0.2, 0.25) is 0 Å². The van der Waals surface area contributed by atoms with E-state index in [1.807, 2.05) is 48.5 Å². The van der Waals surface area contributed by atoms with E-state index in [-0.39, 0.29) is 24.7 Å². The smallest absolute Gasteiger partial charge is 0.0683 e. The molecule has 0 rings (SSSR count). The molecule has 206 valence electrons. The second kappa shape index (κ2) is 39.2. The predicted molar refractivity (Wildman–Crippen MR) is 155 cm³/mol. The van der Waals surface area contributed by atoms with Gasteiger partial charge in [-0.15, -0.1) is 0 Å². The van der Waals surface area contributed by atoms with E-state index < -0.39 is 0 Å². The lowest BCUT2D eigenvalue weighted by Crippen LogP contribution is -2.03. The molecule has 4 heteroatoms. The topological polar surface area (TPSA) is 95.2 Å². The highest BCUT2D eigenvalue weighted by Gasteiger charge is 2.11. The molecule has 4 nitrogen and oxygen atoms in total. The zero-order valence-corrected chi connectivity index (χ0v) is 24.8. The monoisotopic (exact) mass is 490 g/mol. The molecular weight excluding hydrogens is 428 g/mol. The summed E-state index contributed by atoms with van der Waals surface area (Å²) in [5.74, 6) is 0.801. The van der Waals surface area contributed by atoms with Crippen LogP contribution in [0.5, 0.6) is 0 Å². The minimum absolute atomic E-state index is 0. The van der Waals surface area contributed by atoms with Gasteiger partial charge in [0.05, 0.1) is 29.7 Å². The molecule has 0 aromatic carbocycles. The van der Waals surface area contributed by atoms with E-state index in [0.29, 0.717) is 5.92 Å². The average molecular weight is 491 g/mol. The second-order valence-corrected chi connectivity index (χ2v) is 9.34. The van der Waals surface area contributed by atoms with E-state index in [2.05, 4.69) is 52.0 Å². The third kappa shape index (κ3) is 54.4. The minimum atomic E-state index is -0.111. The number of hydrogen-bond donors (Lipinski definition) is 0. The summed E-state index contributed by atoms with van der Waals surface area (Å²) in [4.78, 5) is 0. The van der Waals surface area contributed by atoms with Gasteiger partial charge in [-0.1, -0.05) is 94.4 Å². The summed E-state index contributed by atoms with van der Waals surface area (Å²) in [6, 6.07) is 8.72. The van der Waals surface area contributed by atoms with Crippen LogP contribution in [0.1, 0.15) is 154 Å². The fraction of sp³-hybridized carbons (Fsp3) is 0.871. The molecule has 0 saturated heterocycles. The Hall–Kier alpha value is -2.04. The van der Waals surface area contributed by atoms with Gasteiger partial charge in [0.15, 0.2) is 0 Å². The molecule has 0 heterocycles. The quantitative estimate of drug-likeness (QED) is 0.284. The van der Waals surface area contributed by atoms with E-state index in [1.165, 1.54) is 25.7 Å². The number of rotatable bonds is 10. The molecule has 0 radical (unpaired) electrons. The van der Waals surface area contributed by atoms with Crippen LogP contribution in [0.25, 0.3) is 0 Å². The first-order chi connectivity index (χ1) is 16.0. The minimum Gasteiger partial charge on any atom is -0.198 e. The molecular formula is C31H62N4. The van der Waals surface area contributed by atoms with Crippen LogP contribution >= 0.6 is 0 Å². The summed E-state index contributed by atoms with van der Waals surface area (Å²) in [7, 11) is 0. The maximum Gasteiger partial charge on any atom is 0.0683 e. The molecule has 0 amide bonds. The first-order valence-electron chi connectivity index (χ1n) is 13.6. The summed E-state index contributed by atoms with van der Waals surface area (Å²) in [6.45, 7) is 22.5. The molecule has 0 aliphatic carbocycles. The van der Waals surface area contributed by atoms with Crippen molar-refractivity contribution >= 4 is 0 Å². The van der Waals surface area contributed by atoms with Gasteiger partial charge in [-0.3, -0.25) is 0 Å². The van der Waals surface area contributed by atoms with Gasteiger partial charge >= 0.3 is 0 Å². The van der Waals surface area contributed by atoms with Gasteiger partial charge in [-0.2, -0.15) is 21.0 Å². The normalized spacial score (nSPS) is 10.5. The number of nitrogens with zero attached hydrogens (tertiary/aromatic N) is 4. The lowest BCUT2D eigenvalue weighted by atomic mass is 9.93. The molecule has 0 aromatic rings. The van der Waals surface area contributed by atoms with E-state index in [9.17, 15) is 0 Å². The van der Waals surface area contributed by atoms with Crippen LogP contribution in [-0.2, 0) is 0 Å². The van der Waals surface area contributed by atoms with Crippen molar-refractivity contribution in [3.05, 3.63) is 0 Å². The molecule has 0 aliphatic heterocycles. The van der Waals surface area contributed by atoms with Gasteiger partial charge in [0.2, 0.25) is 0 Å². The highest BCUT2D eigenvalue weighted by atomic mass is 14.3. The highest BCUT2D eigenvalue weighted by molar-refractivity contribution is 4.89. The average Bonchev–Trinajstić information content (AvgIpc) is 2.85. The highest BCUT2D eigenvalue weighted by Crippen LogP contribution is 2.16. The van der Waals surface area contributed by atoms with Crippen LogP contribution in [0.3, 0.4) is 0 Å². The van der Waals surface area contributed by atoms with E-state index >= 15 is 0 Å². The Morgan fingerprint density at radius 1 is 0.600 bits per heavy atom. The van der Waals surface area contributed by atoms with Gasteiger partial charge in [-0.05, 0) is 59.8 Å². The molecule has 2 atom stereocenters. The fourth-order valence-corrected chi connectivity index (χ4v) is 2.05. The van der Waals surface area contributed by atoms with Crippen molar-refractivity contribution < 1.29 is 0 Å². The predicted octanol–water partition coefficient (Wildman–Crippen LogP) is 11.0. The molecule has 0 aromatic heterocycles. The molecule has 0 fully saturated rings. The first kappa shape index (κ1) is 46.3. The van der Waals surface area contributed by atoms with Gasteiger partial charge in [0.25, 0.3) is 0 Å². The summed E-state index contributed by atoms with van der Waals surface area (Å²) < 4.78 is 0. The Bertz CT molecular complexity index is 510. The van der Waals surface area contributed by atoms with Crippen molar-refractivity contribution in [3.8, 4) is 24.3 Å². The van der Waals surface area contributed by atoms with Crippen molar-refractivity contribution in [2.75, 3.05) is 0 Å². The molecule has 0 saturated carbocycles. The SMILES string of the molecule is C.CCC(C#N)CC.CCC(C)(C)C#N.CCCC(C)C#N.CCCC(C)C#N.CCCCCC. The number of unbranched alkanes of at least 4 members (excludes halogenated alkanes) is 3. The van der Waals surface area contributed by atoms with Crippen LogP contribution in [-0.4, -0.2) is 0 Å². The Morgan fingerprint density at radius 2 is 0.943 bits per heavy atom. The Balaban J connectivity index is -0.0000000746. The van der Waals surface area contributed by atoms with Gasteiger partial charge in [-0.25, -0.2) is 0 Å². The van der Waals surface area contributed by atoms with Crippen LogP contribution in [0.15, 0.2) is 0 Å². The lowest BCUT2D eigenvalue weighted by molar-refractivity contribution is 0.477. The number of nitriles is 4. The van der Waals surface area contributed by atoms with Crippen molar-refractivity contribution in [1.29, 1.82) is 21.0 Å². The van der Waals surface area contributed by atoms with E-state index in [0.717, 1.165) is 44.9 Å². The molecule has 0 aliphatic rings. The van der Waals surface area contributed by atoms with Crippen molar-refractivity contribution in [3.63, 3.8) is 0 Å². The Morgan fingerprint density at radius 3 is 1.00 bits per heavy atom. The van der Waals surface area contributed by atoms with E-state index in [4.69, 9.17) is 21.0 Å². The molecule has 0 spiro atoms. The van der Waals surface area contributed by atoms with Gasteiger partial charge in [0.1, 0.15) is 0 Å². The summed E-state index contributed by atoms with van der Waals surface area (Å²) >= 11 is 0. The van der Waals surface area contributed by atoms with Crippen LogP contribution < -0.4 is 0 Å². The van der Waals surface area contributed by atoms with Crippen molar-refractivity contribution in [1.82, 2.24) is 0 Å². The standard InChI is InChI=1S/4C6H11N.C6H14.CH4/c1-4-6(2,3)5-7;2*1-3-4-6(2)5-7;1-3-6(4-2)5-7;1-3-5-6-4-2;/h4H2,1-3H3;3*6H,3-4H2,1-2H3;3-6H2,1-2H3;1H4. The van der Waals surface area contributed by atoms with E-state index in [1.54, 1.807) is 0 Å². The number of hydrogen-bond acceptors (Lipinski definition) is 4.